The number of nitro groups is 1. The molecule has 0 aliphatic carbocycles. The van der Waals surface area contributed by atoms with Gasteiger partial charge in [0, 0.05) is 25.1 Å². The van der Waals surface area contributed by atoms with Crippen LogP contribution in [0, 0.1) is 10.1 Å². The third-order valence-electron chi connectivity index (χ3n) is 5.32. The number of nitrogens with one attached hydrogen (secondary N) is 1. The van der Waals surface area contributed by atoms with Crippen LogP contribution < -0.4 is 14.8 Å². The highest BCUT2D eigenvalue weighted by Crippen LogP contribution is 2.28. The molecule has 0 aliphatic rings. The first-order valence-corrected chi connectivity index (χ1v) is 10.9. The number of carbonyl (C=O) groups is 1. The summed E-state index contributed by atoms with van der Waals surface area (Å²) in [5.41, 5.74) is 2.52. The van der Waals surface area contributed by atoms with Crippen molar-refractivity contribution in [1.82, 2.24) is 5.32 Å². The molecule has 0 saturated heterocycles. The van der Waals surface area contributed by atoms with Crippen molar-refractivity contribution in [2.24, 2.45) is 0 Å². The minimum Gasteiger partial charge on any atom is -0.493 e. The van der Waals surface area contributed by atoms with Crippen molar-refractivity contribution in [2.75, 3.05) is 20.8 Å². The molecule has 0 bridgehead atoms. The van der Waals surface area contributed by atoms with E-state index in [1.54, 1.807) is 26.4 Å². The third-order valence-corrected chi connectivity index (χ3v) is 5.32. The molecule has 34 heavy (non-hydrogen) atoms. The monoisotopic (exact) mass is 464 g/mol. The quantitative estimate of drug-likeness (QED) is 0.310. The standard InChI is InChI=1S/C26H28N2O6/c1-32-23-13-11-19(15-24(23)33-2)12-14-26(29)27-17-25(34-18-20-7-4-3-5-8-20)21-9-6-10-22(16-21)28(30)31/h3-11,13,15-16,25H,12,14,17-18H2,1-2H3,(H,27,29). The smallest absolute Gasteiger partial charge is 0.269 e. The molecule has 0 fully saturated rings. The van der Waals surface area contributed by atoms with Crippen molar-refractivity contribution in [2.45, 2.75) is 25.6 Å². The van der Waals surface area contributed by atoms with Crippen molar-refractivity contribution < 1.29 is 23.9 Å². The molecule has 0 aliphatic heterocycles. The van der Waals surface area contributed by atoms with E-state index in [0.717, 1.165) is 11.1 Å². The van der Waals surface area contributed by atoms with Gasteiger partial charge in [-0.1, -0.05) is 48.5 Å². The molecule has 8 heteroatoms. The summed E-state index contributed by atoms with van der Waals surface area (Å²) < 4.78 is 16.6. The average Bonchev–Trinajstić information content (AvgIpc) is 2.87. The Bertz CT molecular complexity index is 1100. The molecule has 0 aromatic heterocycles. The van der Waals surface area contributed by atoms with Crippen LogP contribution in [0.5, 0.6) is 11.5 Å². The van der Waals surface area contributed by atoms with Crippen LogP contribution in [0.15, 0.2) is 72.8 Å². The van der Waals surface area contributed by atoms with Crippen LogP contribution in [0.4, 0.5) is 5.69 Å². The normalized spacial score (nSPS) is 11.5. The van der Waals surface area contributed by atoms with Crippen molar-refractivity contribution >= 4 is 11.6 Å². The van der Waals surface area contributed by atoms with E-state index in [1.165, 1.54) is 12.1 Å². The van der Waals surface area contributed by atoms with E-state index in [1.807, 2.05) is 48.5 Å². The van der Waals surface area contributed by atoms with Gasteiger partial charge in [0.2, 0.25) is 5.91 Å². The fourth-order valence-corrected chi connectivity index (χ4v) is 3.47. The molecule has 1 N–H and O–H groups in total. The fourth-order valence-electron chi connectivity index (χ4n) is 3.47. The first-order chi connectivity index (χ1) is 16.5. The van der Waals surface area contributed by atoms with E-state index in [9.17, 15) is 14.9 Å². The highest BCUT2D eigenvalue weighted by Gasteiger charge is 2.17. The van der Waals surface area contributed by atoms with Crippen molar-refractivity contribution in [3.05, 3.63) is 99.6 Å². The van der Waals surface area contributed by atoms with Crippen molar-refractivity contribution in [3.63, 3.8) is 0 Å². The van der Waals surface area contributed by atoms with Crippen molar-refractivity contribution in [3.8, 4) is 11.5 Å². The van der Waals surface area contributed by atoms with E-state index in [-0.39, 0.29) is 24.6 Å². The topological polar surface area (TPSA) is 99.9 Å². The Morgan fingerprint density at radius 3 is 2.41 bits per heavy atom. The van der Waals surface area contributed by atoms with Gasteiger partial charge in [-0.05, 0) is 35.2 Å². The molecular weight excluding hydrogens is 436 g/mol. The highest BCUT2D eigenvalue weighted by molar-refractivity contribution is 5.76. The molecule has 0 radical (unpaired) electrons. The SMILES string of the molecule is COc1ccc(CCC(=O)NCC(OCc2ccccc2)c2cccc([N+](=O)[O-])c2)cc1OC. The van der Waals surface area contributed by atoms with Gasteiger partial charge in [0.1, 0.15) is 6.10 Å². The number of non-ortho nitro benzene ring substituents is 1. The number of aryl methyl sites for hydroxylation is 1. The number of methoxy groups -OCH3 is 2. The lowest BCUT2D eigenvalue weighted by Crippen LogP contribution is -2.29. The van der Waals surface area contributed by atoms with E-state index in [2.05, 4.69) is 5.32 Å². The number of nitro benzene ring substituents is 1. The van der Waals surface area contributed by atoms with Gasteiger partial charge in [0.15, 0.2) is 11.5 Å². The van der Waals surface area contributed by atoms with Gasteiger partial charge in [-0.15, -0.1) is 0 Å². The summed E-state index contributed by atoms with van der Waals surface area (Å²) in [6, 6.07) is 21.5. The summed E-state index contributed by atoms with van der Waals surface area (Å²) in [6.07, 6.45) is 0.263. The number of nitrogens with zero attached hydrogens (tertiary/aromatic N) is 1. The molecular formula is C26H28N2O6. The molecule has 0 heterocycles. The Labute approximate surface area is 198 Å². The molecule has 0 saturated carbocycles. The summed E-state index contributed by atoms with van der Waals surface area (Å²) >= 11 is 0. The number of rotatable bonds is 12. The van der Waals surface area contributed by atoms with Gasteiger partial charge in [-0.2, -0.15) is 0 Å². The molecule has 3 aromatic rings. The Morgan fingerprint density at radius 2 is 1.71 bits per heavy atom. The zero-order chi connectivity index (χ0) is 24.3. The van der Waals surface area contributed by atoms with Gasteiger partial charge in [0.25, 0.3) is 5.69 Å². The Morgan fingerprint density at radius 1 is 0.941 bits per heavy atom. The summed E-state index contributed by atoms with van der Waals surface area (Å²) in [5, 5.41) is 14.1. The number of benzene rings is 3. The van der Waals surface area contributed by atoms with Crippen LogP contribution in [0.2, 0.25) is 0 Å². The molecule has 1 unspecified atom stereocenters. The Balaban J connectivity index is 1.63. The van der Waals surface area contributed by atoms with E-state index in [0.29, 0.717) is 30.1 Å². The Hall–Kier alpha value is -3.91. The number of ether oxygens (including phenoxy) is 3. The lowest BCUT2D eigenvalue weighted by atomic mass is 10.1. The number of hydrogen-bond donors (Lipinski definition) is 1. The van der Waals surface area contributed by atoms with E-state index < -0.39 is 11.0 Å². The zero-order valence-electron chi connectivity index (χ0n) is 19.2. The van der Waals surface area contributed by atoms with Gasteiger partial charge < -0.3 is 19.5 Å². The van der Waals surface area contributed by atoms with Crippen LogP contribution in [0.1, 0.15) is 29.2 Å². The highest BCUT2D eigenvalue weighted by atomic mass is 16.6. The number of amides is 1. The lowest BCUT2D eigenvalue weighted by Gasteiger charge is -2.19. The predicted molar refractivity (Wildman–Crippen MR) is 128 cm³/mol. The van der Waals surface area contributed by atoms with Crippen LogP contribution in [0.25, 0.3) is 0 Å². The maximum Gasteiger partial charge on any atom is 0.269 e. The largest absolute Gasteiger partial charge is 0.493 e. The molecule has 3 aromatic carbocycles. The van der Waals surface area contributed by atoms with E-state index in [4.69, 9.17) is 14.2 Å². The fraction of sp³-hybridized carbons (Fsp3) is 0.269. The second kappa shape index (κ2) is 12.4. The van der Waals surface area contributed by atoms with Crippen LogP contribution in [-0.4, -0.2) is 31.6 Å². The molecule has 0 spiro atoms. The van der Waals surface area contributed by atoms with Gasteiger partial charge >= 0.3 is 0 Å². The lowest BCUT2D eigenvalue weighted by molar-refractivity contribution is -0.385. The molecule has 178 valence electrons. The third kappa shape index (κ3) is 7.05. The average molecular weight is 465 g/mol. The van der Waals surface area contributed by atoms with E-state index >= 15 is 0 Å². The minimum atomic E-state index is -0.537. The van der Waals surface area contributed by atoms with Gasteiger partial charge in [0.05, 0.1) is 25.7 Å². The second-order valence-corrected chi connectivity index (χ2v) is 7.63. The summed E-state index contributed by atoms with van der Waals surface area (Å²) in [6.45, 7) is 0.508. The molecule has 8 nitrogen and oxygen atoms in total. The second-order valence-electron chi connectivity index (χ2n) is 7.63. The maximum absolute atomic E-state index is 12.5. The predicted octanol–water partition coefficient (Wildman–Crippen LogP) is 4.62. The minimum absolute atomic E-state index is 0.0226. The maximum atomic E-state index is 12.5. The number of carbonyl (C=O) groups excluding carboxylic acids is 1. The number of hydrogen-bond acceptors (Lipinski definition) is 6. The van der Waals surface area contributed by atoms with Crippen LogP contribution >= 0.6 is 0 Å². The zero-order valence-corrected chi connectivity index (χ0v) is 19.2. The molecule has 1 atom stereocenters. The first-order valence-electron chi connectivity index (χ1n) is 10.9. The van der Waals surface area contributed by atoms with Crippen molar-refractivity contribution in [1.29, 1.82) is 0 Å². The van der Waals surface area contributed by atoms with Crippen LogP contribution in [0.3, 0.4) is 0 Å². The first kappa shape index (κ1) is 24.7. The van der Waals surface area contributed by atoms with Crippen LogP contribution in [-0.2, 0) is 22.6 Å². The summed E-state index contributed by atoms with van der Waals surface area (Å²) in [7, 11) is 3.14. The Kier molecular flexibility index (Phi) is 8.99. The van der Waals surface area contributed by atoms with Gasteiger partial charge in [-0.3, -0.25) is 14.9 Å². The molecule has 3 rings (SSSR count). The summed E-state index contributed by atoms with van der Waals surface area (Å²) in [4.78, 5) is 23.3. The van der Waals surface area contributed by atoms with Gasteiger partial charge in [-0.25, -0.2) is 0 Å². The summed E-state index contributed by atoms with van der Waals surface area (Å²) in [5.74, 6) is 1.10. The molecule has 1 amide bonds.